The molecule has 1 aliphatic heterocycles. The smallest absolute Gasteiger partial charge is 0.136 e. The first-order chi connectivity index (χ1) is 12.3. The van der Waals surface area contributed by atoms with Gasteiger partial charge in [-0.3, -0.25) is 4.98 Å². The van der Waals surface area contributed by atoms with E-state index in [-0.39, 0.29) is 5.82 Å². The highest BCUT2D eigenvalue weighted by Crippen LogP contribution is 2.39. The highest BCUT2D eigenvalue weighted by Gasteiger charge is 2.31. The molecule has 0 atom stereocenters. The zero-order chi connectivity index (χ0) is 16.8. The summed E-state index contributed by atoms with van der Waals surface area (Å²) in [5, 5.41) is 9.56. The minimum absolute atomic E-state index is 0.240. The summed E-state index contributed by atoms with van der Waals surface area (Å²) >= 11 is 0. The molecule has 1 aromatic carbocycles. The summed E-state index contributed by atoms with van der Waals surface area (Å²) in [6.07, 6.45) is 8.30. The van der Waals surface area contributed by atoms with Crippen LogP contribution >= 0.6 is 0 Å². The molecule has 5 rings (SSSR count). The van der Waals surface area contributed by atoms with E-state index in [0.29, 0.717) is 17.5 Å². The maximum Gasteiger partial charge on any atom is 0.136 e. The minimum atomic E-state index is -0.240. The summed E-state index contributed by atoms with van der Waals surface area (Å²) in [4.78, 5) is 6.69. The molecule has 1 saturated heterocycles. The van der Waals surface area contributed by atoms with Crippen LogP contribution in [0, 0.1) is 5.82 Å². The molecule has 0 N–H and O–H groups in total. The fourth-order valence-electron chi connectivity index (χ4n) is 3.94. The zero-order valence-electron chi connectivity index (χ0n) is 14.0. The van der Waals surface area contributed by atoms with Gasteiger partial charge in [0.05, 0.1) is 5.52 Å². The van der Waals surface area contributed by atoms with Crippen LogP contribution in [0.1, 0.15) is 43.5 Å². The number of aromatic nitrogens is 4. The van der Waals surface area contributed by atoms with Crippen molar-refractivity contribution in [2.24, 2.45) is 0 Å². The third kappa shape index (κ3) is 2.65. The second-order valence-corrected chi connectivity index (χ2v) is 7.08. The average Bonchev–Trinajstić information content (AvgIpc) is 3.38. The van der Waals surface area contributed by atoms with Crippen molar-refractivity contribution in [3.05, 3.63) is 48.4 Å². The second-order valence-electron chi connectivity index (χ2n) is 7.08. The van der Waals surface area contributed by atoms with Crippen molar-refractivity contribution in [3.63, 3.8) is 0 Å². The van der Waals surface area contributed by atoms with Gasteiger partial charge in [-0.2, -0.15) is 0 Å². The molecule has 0 bridgehead atoms. The van der Waals surface area contributed by atoms with E-state index in [9.17, 15) is 4.39 Å². The van der Waals surface area contributed by atoms with E-state index in [1.54, 1.807) is 6.20 Å². The molecule has 25 heavy (non-hydrogen) atoms. The van der Waals surface area contributed by atoms with E-state index in [1.165, 1.54) is 25.0 Å². The molecule has 0 radical (unpaired) electrons. The quantitative estimate of drug-likeness (QED) is 0.731. The first kappa shape index (κ1) is 14.8. The largest absolute Gasteiger partial charge is 0.371 e. The Morgan fingerprint density at radius 3 is 2.68 bits per heavy atom. The van der Waals surface area contributed by atoms with E-state index in [1.807, 2.05) is 18.5 Å². The number of pyridine rings is 1. The van der Waals surface area contributed by atoms with Crippen LogP contribution in [0.4, 0.5) is 10.1 Å². The molecule has 6 heteroatoms. The van der Waals surface area contributed by atoms with Gasteiger partial charge in [-0.1, -0.05) is 0 Å². The van der Waals surface area contributed by atoms with Crippen LogP contribution in [0.25, 0.3) is 10.9 Å². The minimum Gasteiger partial charge on any atom is -0.371 e. The van der Waals surface area contributed by atoms with Crippen LogP contribution in [0.15, 0.2) is 36.8 Å². The van der Waals surface area contributed by atoms with Gasteiger partial charge >= 0.3 is 0 Å². The van der Waals surface area contributed by atoms with Gasteiger partial charge in [-0.25, -0.2) is 4.39 Å². The third-order valence-electron chi connectivity index (χ3n) is 5.42. The van der Waals surface area contributed by atoms with Gasteiger partial charge in [0.1, 0.15) is 18.0 Å². The Kier molecular flexibility index (Phi) is 3.43. The molecule has 0 unspecified atom stereocenters. The zero-order valence-corrected chi connectivity index (χ0v) is 14.0. The van der Waals surface area contributed by atoms with E-state index >= 15 is 0 Å². The summed E-state index contributed by atoms with van der Waals surface area (Å²) < 4.78 is 15.7. The lowest BCUT2D eigenvalue weighted by Gasteiger charge is -2.34. The fourth-order valence-corrected chi connectivity index (χ4v) is 3.94. The number of halogens is 1. The predicted molar refractivity (Wildman–Crippen MR) is 94.2 cm³/mol. The number of hydrogen-bond acceptors (Lipinski definition) is 4. The van der Waals surface area contributed by atoms with Crippen LogP contribution in [-0.2, 0) is 0 Å². The number of anilines is 1. The van der Waals surface area contributed by atoms with E-state index in [2.05, 4.69) is 24.6 Å². The van der Waals surface area contributed by atoms with Gasteiger partial charge in [0, 0.05) is 48.4 Å². The molecule has 5 nitrogen and oxygen atoms in total. The van der Waals surface area contributed by atoms with E-state index in [4.69, 9.17) is 0 Å². The predicted octanol–water partition coefficient (Wildman–Crippen LogP) is 3.68. The van der Waals surface area contributed by atoms with E-state index < -0.39 is 0 Å². The highest BCUT2D eigenvalue weighted by atomic mass is 19.1. The molecular weight excluding hydrogens is 317 g/mol. The SMILES string of the molecule is Fc1ccc2c(N3CCC(c4nncn4C4CC4)CC3)ccnc2c1. The van der Waals surface area contributed by atoms with Crippen LogP contribution < -0.4 is 4.90 Å². The monoisotopic (exact) mass is 337 g/mol. The lowest BCUT2D eigenvalue weighted by atomic mass is 9.95. The Morgan fingerprint density at radius 2 is 1.88 bits per heavy atom. The first-order valence-corrected chi connectivity index (χ1v) is 8.98. The number of fused-ring (bicyclic) bond motifs is 1. The van der Waals surface area contributed by atoms with Gasteiger partial charge < -0.3 is 9.47 Å². The Bertz CT molecular complexity index is 909. The maximum atomic E-state index is 13.5. The summed E-state index contributed by atoms with van der Waals surface area (Å²) in [6, 6.07) is 7.51. The van der Waals surface area contributed by atoms with Gasteiger partial charge in [-0.05, 0) is 43.9 Å². The van der Waals surface area contributed by atoms with Gasteiger partial charge in [0.25, 0.3) is 0 Å². The number of piperidine rings is 1. The Labute approximate surface area is 145 Å². The van der Waals surface area contributed by atoms with Gasteiger partial charge in [0.15, 0.2) is 0 Å². The molecule has 1 aliphatic carbocycles. The molecule has 2 fully saturated rings. The fraction of sp³-hybridized carbons (Fsp3) is 0.421. The standard InChI is InChI=1S/C19H20FN5/c20-14-1-4-16-17(11-14)21-8-5-18(16)24-9-6-13(7-10-24)19-23-22-12-25(19)15-2-3-15/h1,4-5,8,11-13,15H,2-3,6-7,9-10H2. The van der Waals surface area contributed by atoms with Gasteiger partial charge in [-0.15, -0.1) is 10.2 Å². The normalized spacial score (nSPS) is 18.8. The van der Waals surface area contributed by atoms with Crippen molar-refractivity contribution in [1.82, 2.24) is 19.7 Å². The molecule has 128 valence electrons. The third-order valence-corrected chi connectivity index (χ3v) is 5.42. The Balaban J connectivity index is 1.37. The molecule has 1 saturated carbocycles. The topological polar surface area (TPSA) is 46.8 Å². The summed E-state index contributed by atoms with van der Waals surface area (Å²) in [7, 11) is 0. The number of rotatable bonds is 3. The van der Waals surface area contributed by atoms with Crippen LogP contribution in [0.3, 0.4) is 0 Å². The molecular formula is C19H20FN5. The van der Waals surface area contributed by atoms with Gasteiger partial charge in [0.2, 0.25) is 0 Å². The molecule has 2 aliphatic rings. The summed E-state index contributed by atoms with van der Waals surface area (Å²) in [6.45, 7) is 1.94. The first-order valence-electron chi connectivity index (χ1n) is 8.98. The second kappa shape index (κ2) is 5.79. The lowest BCUT2D eigenvalue weighted by molar-refractivity contribution is 0.466. The molecule has 0 spiro atoms. The van der Waals surface area contributed by atoms with Crippen LogP contribution in [-0.4, -0.2) is 32.8 Å². The Morgan fingerprint density at radius 1 is 1.04 bits per heavy atom. The van der Waals surface area contributed by atoms with Crippen molar-refractivity contribution < 1.29 is 4.39 Å². The van der Waals surface area contributed by atoms with Crippen molar-refractivity contribution in [2.45, 2.75) is 37.6 Å². The molecule has 3 heterocycles. The summed E-state index contributed by atoms with van der Waals surface area (Å²) in [5.41, 5.74) is 1.86. The van der Waals surface area contributed by atoms with E-state index in [0.717, 1.165) is 42.8 Å². The summed E-state index contributed by atoms with van der Waals surface area (Å²) in [5.74, 6) is 1.39. The van der Waals surface area contributed by atoms with Crippen molar-refractivity contribution in [2.75, 3.05) is 18.0 Å². The molecule has 3 aromatic rings. The van der Waals surface area contributed by atoms with Crippen molar-refractivity contribution >= 4 is 16.6 Å². The number of benzene rings is 1. The van der Waals surface area contributed by atoms with Crippen LogP contribution in [0.2, 0.25) is 0 Å². The maximum absolute atomic E-state index is 13.5. The van der Waals surface area contributed by atoms with Crippen molar-refractivity contribution in [3.8, 4) is 0 Å². The Hall–Kier alpha value is -2.50. The average molecular weight is 337 g/mol. The molecule has 2 aromatic heterocycles. The number of nitrogens with zero attached hydrogens (tertiary/aromatic N) is 5. The van der Waals surface area contributed by atoms with Crippen molar-refractivity contribution in [1.29, 1.82) is 0 Å². The number of hydrogen-bond donors (Lipinski definition) is 0. The lowest BCUT2D eigenvalue weighted by Crippen LogP contribution is -2.33. The van der Waals surface area contributed by atoms with Crippen LogP contribution in [0.5, 0.6) is 0 Å². The molecule has 0 amide bonds. The highest BCUT2D eigenvalue weighted by molar-refractivity contribution is 5.91.